The molecule has 0 bridgehead atoms. The van der Waals surface area contributed by atoms with E-state index < -0.39 is 0 Å². The van der Waals surface area contributed by atoms with E-state index in [9.17, 15) is 0 Å². The normalized spacial score (nSPS) is 8.45. The van der Waals surface area contributed by atoms with Crippen molar-refractivity contribution >= 4 is 6.08 Å². The lowest BCUT2D eigenvalue weighted by atomic mass is 10.4. The summed E-state index contributed by atoms with van der Waals surface area (Å²) < 4.78 is 2.03. The summed E-state index contributed by atoms with van der Waals surface area (Å²) in [6.07, 6.45) is 5.39. The highest BCUT2D eigenvalue weighted by Gasteiger charge is 1.98. The summed E-state index contributed by atoms with van der Waals surface area (Å²) in [5.74, 6) is 0. The molecule has 0 aliphatic carbocycles. The Morgan fingerprint density at radius 1 is 1.73 bits per heavy atom. The number of nitrogens with zero attached hydrogens (tertiary/aromatic N) is 2. The van der Waals surface area contributed by atoms with Gasteiger partial charge in [-0.1, -0.05) is 11.6 Å². The Kier molecular flexibility index (Phi) is 4.70. The minimum atomic E-state index is 0. The van der Waals surface area contributed by atoms with Crippen LogP contribution in [0.5, 0.6) is 0 Å². The maximum absolute atomic E-state index is 3.98. The lowest BCUT2D eigenvalue weighted by Gasteiger charge is -1.95. The maximum atomic E-state index is 3.98. The number of rotatable bonds is 2. The first kappa shape index (κ1) is 10.3. The zero-order chi connectivity index (χ0) is 7.40. The van der Waals surface area contributed by atoms with Crippen LogP contribution in [0.3, 0.4) is 0 Å². The maximum Gasteiger partial charge on any atom is 0.286 e. The van der Waals surface area contributed by atoms with Gasteiger partial charge in [0.15, 0.2) is 0 Å². The molecule has 1 aromatic rings. The summed E-state index contributed by atoms with van der Waals surface area (Å²) in [5.41, 5.74) is 1.11. The highest BCUT2D eigenvalue weighted by molar-refractivity contribution is 5.36. The fourth-order valence-corrected chi connectivity index (χ4v) is 0.850. The number of aryl methyl sites for hydroxylation is 1. The van der Waals surface area contributed by atoms with Crippen LogP contribution in [0.15, 0.2) is 25.2 Å². The van der Waals surface area contributed by atoms with Gasteiger partial charge in [-0.25, -0.2) is 4.57 Å². The van der Waals surface area contributed by atoms with Crippen LogP contribution in [0.4, 0.5) is 0 Å². The van der Waals surface area contributed by atoms with Gasteiger partial charge < -0.3 is 17.0 Å². The first-order chi connectivity index (χ1) is 4.88. The van der Waals surface area contributed by atoms with E-state index in [1.165, 1.54) is 0 Å². The molecule has 3 heteroatoms. The Balaban J connectivity index is 0.000001000. The van der Waals surface area contributed by atoms with Gasteiger partial charge in [-0.05, 0) is 13.0 Å². The minimum Gasteiger partial charge on any atom is -1.00 e. The van der Waals surface area contributed by atoms with Crippen LogP contribution in [0.25, 0.3) is 6.08 Å². The third-order valence-electron chi connectivity index (χ3n) is 1.42. The fourth-order valence-electron chi connectivity index (χ4n) is 0.850. The Morgan fingerprint density at radius 2 is 2.45 bits per heavy atom. The van der Waals surface area contributed by atoms with E-state index in [0.29, 0.717) is 0 Å². The molecule has 2 nitrogen and oxygen atoms in total. The highest BCUT2D eigenvalue weighted by atomic mass is 79.9. The summed E-state index contributed by atoms with van der Waals surface area (Å²) >= 11 is 0. The van der Waals surface area contributed by atoms with Crippen molar-refractivity contribution < 1.29 is 21.5 Å². The van der Waals surface area contributed by atoms with E-state index in [1.54, 1.807) is 12.5 Å². The smallest absolute Gasteiger partial charge is 0.286 e. The van der Waals surface area contributed by atoms with Crippen molar-refractivity contribution in [2.24, 2.45) is 0 Å². The van der Waals surface area contributed by atoms with E-state index in [0.717, 1.165) is 12.2 Å². The van der Waals surface area contributed by atoms with E-state index in [1.807, 2.05) is 16.7 Å². The standard InChI is InChI=1S/C8H11N2.BrH/c1-3-8-5-6-9-7-10(8)4-2;/h3,5-7H,1,4H2,2H3;1H/q+1;/p-1. The predicted molar refractivity (Wildman–Crippen MR) is 40.2 cm³/mol. The second-order valence-electron chi connectivity index (χ2n) is 2.00. The van der Waals surface area contributed by atoms with Crippen molar-refractivity contribution in [2.75, 3.05) is 0 Å². The van der Waals surface area contributed by atoms with E-state index in [2.05, 4.69) is 18.5 Å². The average Bonchev–Trinajstić information content (AvgIpc) is 2.04. The SMILES string of the molecule is C=Cc1ccnc[n+]1CC.[Br-]. The van der Waals surface area contributed by atoms with Crippen molar-refractivity contribution in [2.45, 2.75) is 13.5 Å². The first-order valence-electron chi connectivity index (χ1n) is 3.34. The molecule has 60 valence electrons. The molecule has 0 N–H and O–H groups in total. The van der Waals surface area contributed by atoms with Gasteiger partial charge in [-0.15, -0.1) is 0 Å². The van der Waals surface area contributed by atoms with Crippen LogP contribution in [0.1, 0.15) is 12.6 Å². The largest absolute Gasteiger partial charge is 1.00 e. The summed E-state index contributed by atoms with van der Waals surface area (Å²) in [6, 6.07) is 1.94. The molecule has 0 saturated heterocycles. The Morgan fingerprint density at radius 3 is 2.91 bits per heavy atom. The summed E-state index contributed by atoms with van der Waals surface area (Å²) in [4.78, 5) is 3.98. The number of hydrogen-bond acceptors (Lipinski definition) is 1. The summed E-state index contributed by atoms with van der Waals surface area (Å²) in [7, 11) is 0. The molecule has 0 fully saturated rings. The molecule has 0 radical (unpaired) electrons. The molecule has 0 spiro atoms. The van der Waals surface area contributed by atoms with Crippen LogP contribution in [0, 0.1) is 0 Å². The summed E-state index contributed by atoms with van der Waals surface area (Å²) in [5, 5.41) is 0. The van der Waals surface area contributed by atoms with Crippen molar-refractivity contribution in [1.29, 1.82) is 0 Å². The zero-order valence-electron chi connectivity index (χ0n) is 6.50. The van der Waals surface area contributed by atoms with Crippen molar-refractivity contribution in [3.63, 3.8) is 0 Å². The van der Waals surface area contributed by atoms with E-state index in [4.69, 9.17) is 0 Å². The van der Waals surface area contributed by atoms with Crippen molar-refractivity contribution in [3.05, 3.63) is 30.9 Å². The lowest BCUT2D eigenvalue weighted by Crippen LogP contribution is -3.00. The Bertz CT molecular complexity index is 235. The van der Waals surface area contributed by atoms with Gasteiger partial charge in [0.25, 0.3) is 6.33 Å². The van der Waals surface area contributed by atoms with Crippen LogP contribution >= 0.6 is 0 Å². The van der Waals surface area contributed by atoms with Crippen LogP contribution in [-0.4, -0.2) is 4.98 Å². The highest BCUT2D eigenvalue weighted by Crippen LogP contribution is 1.88. The lowest BCUT2D eigenvalue weighted by molar-refractivity contribution is -0.698. The second-order valence-corrected chi connectivity index (χ2v) is 2.00. The van der Waals surface area contributed by atoms with Crippen molar-refractivity contribution in [3.8, 4) is 0 Å². The number of aromatic nitrogens is 2. The van der Waals surface area contributed by atoms with Crippen LogP contribution in [0.2, 0.25) is 0 Å². The third kappa shape index (κ3) is 2.42. The Hall–Kier alpha value is -0.700. The topological polar surface area (TPSA) is 16.8 Å². The van der Waals surface area contributed by atoms with Crippen LogP contribution < -0.4 is 21.5 Å². The van der Waals surface area contributed by atoms with Crippen LogP contribution in [-0.2, 0) is 6.54 Å². The van der Waals surface area contributed by atoms with E-state index in [-0.39, 0.29) is 17.0 Å². The fraction of sp³-hybridized carbons (Fsp3) is 0.250. The minimum absolute atomic E-state index is 0. The molecule has 1 aromatic heterocycles. The summed E-state index contributed by atoms with van der Waals surface area (Å²) in [6.45, 7) is 6.71. The molecule has 0 aliphatic rings. The van der Waals surface area contributed by atoms with Gasteiger partial charge in [0.05, 0.1) is 6.54 Å². The second kappa shape index (κ2) is 5.02. The van der Waals surface area contributed by atoms with Gasteiger partial charge in [0.1, 0.15) is 11.9 Å². The molecule has 0 unspecified atom stereocenters. The molecule has 0 atom stereocenters. The Labute approximate surface area is 77.4 Å². The molecule has 0 saturated carbocycles. The molecule has 0 aromatic carbocycles. The molecule has 0 amide bonds. The molecule has 1 rings (SSSR count). The van der Waals surface area contributed by atoms with Gasteiger partial charge in [-0.2, -0.15) is 0 Å². The molecular formula is C8H11BrN2. The average molecular weight is 215 g/mol. The molecule has 11 heavy (non-hydrogen) atoms. The number of hydrogen-bond donors (Lipinski definition) is 0. The first-order valence-corrected chi connectivity index (χ1v) is 3.34. The quantitative estimate of drug-likeness (QED) is 0.523. The third-order valence-corrected chi connectivity index (χ3v) is 1.42. The van der Waals surface area contributed by atoms with Gasteiger partial charge in [0, 0.05) is 6.07 Å². The van der Waals surface area contributed by atoms with Gasteiger partial charge in [-0.3, -0.25) is 0 Å². The molecule has 1 heterocycles. The monoisotopic (exact) mass is 214 g/mol. The zero-order valence-corrected chi connectivity index (χ0v) is 8.08. The van der Waals surface area contributed by atoms with Crippen molar-refractivity contribution in [1.82, 2.24) is 4.98 Å². The number of halogens is 1. The van der Waals surface area contributed by atoms with Gasteiger partial charge >= 0.3 is 0 Å². The van der Waals surface area contributed by atoms with Gasteiger partial charge in [0.2, 0.25) is 0 Å². The molecular weight excluding hydrogens is 204 g/mol. The predicted octanol–water partition coefficient (Wildman–Crippen LogP) is -1.96. The molecule has 0 aliphatic heterocycles. The van der Waals surface area contributed by atoms with E-state index >= 15 is 0 Å².